The molecule has 0 N–H and O–H groups in total. The van der Waals surface area contributed by atoms with Crippen molar-refractivity contribution in [3.63, 3.8) is 0 Å². The van der Waals surface area contributed by atoms with Gasteiger partial charge in [0, 0.05) is 32.1 Å². The number of amides is 1. The van der Waals surface area contributed by atoms with Gasteiger partial charge >= 0.3 is 6.09 Å². The molecule has 3 heterocycles. The molecule has 3 aliphatic rings. The van der Waals surface area contributed by atoms with Crippen molar-refractivity contribution in [1.82, 2.24) is 9.88 Å². The third-order valence-electron chi connectivity index (χ3n) is 10.2. The number of rotatable bonds is 7. The van der Waals surface area contributed by atoms with E-state index < -0.39 is 9.84 Å². The monoisotopic (exact) mass is 630 g/mol. The van der Waals surface area contributed by atoms with Gasteiger partial charge in [-0.25, -0.2) is 13.2 Å². The summed E-state index contributed by atoms with van der Waals surface area (Å²) in [5.74, 6) is 2.41. The second-order valence-electron chi connectivity index (χ2n) is 13.9. The third-order valence-corrected chi connectivity index (χ3v) is 11.7. The summed E-state index contributed by atoms with van der Waals surface area (Å²) in [6.07, 6.45) is 8.26. The summed E-state index contributed by atoms with van der Waals surface area (Å²) in [6.45, 7) is 8.06. The molecule has 7 nitrogen and oxygen atoms in total. The fourth-order valence-electron chi connectivity index (χ4n) is 7.41. The highest BCUT2D eigenvalue weighted by Crippen LogP contribution is 2.41. The molecular formula is C37H46N2O5S. The van der Waals surface area contributed by atoms with Crippen LogP contribution in [0.3, 0.4) is 0 Å². The van der Waals surface area contributed by atoms with Gasteiger partial charge in [-0.15, -0.1) is 0 Å². The van der Waals surface area contributed by atoms with E-state index in [-0.39, 0.29) is 29.3 Å². The topological polar surface area (TPSA) is 85.8 Å². The molecule has 1 aromatic heterocycles. The Bertz CT molecular complexity index is 1580. The first kappa shape index (κ1) is 31.6. The molecule has 1 aliphatic carbocycles. The lowest BCUT2D eigenvalue weighted by molar-refractivity contribution is -0.0373. The van der Waals surface area contributed by atoms with E-state index in [1.165, 1.54) is 12.0 Å². The molecule has 6 rings (SSSR count). The number of hydrogen-bond acceptors (Lipinski definition) is 6. The van der Waals surface area contributed by atoms with Crippen LogP contribution in [0, 0.1) is 17.8 Å². The maximum Gasteiger partial charge on any atom is 0.410 e. The van der Waals surface area contributed by atoms with Crippen molar-refractivity contribution < 1.29 is 22.7 Å². The second kappa shape index (κ2) is 13.1. The quantitative estimate of drug-likeness (QED) is 0.267. The maximum absolute atomic E-state index is 13.2. The highest BCUT2D eigenvalue weighted by Gasteiger charge is 2.42. The molecule has 8 heteroatoms. The van der Waals surface area contributed by atoms with Gasteiger partial charge in [0.1, 0.15) is 17.5 Å². The molecule has 0 bridgehead atoms. The first-order valence-electron chi connectivity index (χ1n) is 16.6. The van der Waals surface area contributed by atoms with Gasteiger partial charge in [0.25, 0.3) is 0 Å². The first-order valence-corrected chi connectivity index (χ1v) is 18.4. The summed E-state index contributed by atoms with van der Waals surface area (Å²) in [5.41, 5.74) is 4.40. The van der Waals surface area contributed by atoms with E-state index in [1.54, 1.807) is 24.4 Å². The molecule has 1 spiro atoms. The Balaban J connectivity index is 1.04. The minimum absolute atomic E-state index is 0.0165. The number of aryl methyl sites for hydroxylation is 1. The third kappa shape index (κ3) is 7.54. The predicted octanol–water partition coefficient (Wildman–Crippen LogP) is 7.62. The largest absolute Gasteiger partial charge is 0.487 e. The summed E-state index contributed by atoms with van der Waals surface area (Å²) in [7, 11) is -3.32. The number of benzene rings is 2. The van der Waals surface area contributed by atoms with Crippen LogP contribution in [0.4, 0.5) is 4.79 Å². The van der Waals surface area contributed by atoms with Crippen LogP contribution >= 0.6 is 0 Å². The van der Waals surface area contributed by atoms with Gasteiger partial charge < -0.3 is 14.4 Å². The van der Waals surface area contributed by atoms with Crippen molar-refractivity contribution in [2.75, 3.05) is 13.1 Å². The van der Waals surface area contributed by atoms with Crippen LogP contribution in [0.15, 0.2) is 66.9 Å². The number of likely N-dealkylation sites (tertiary alicyclic amines) is 1. The highest BCUT2D eigenvalue weighted by molar-refractivity contribution is 7.89. The molecule has 3 atom stereocenters. The zero-order valence-corrected chi connectivity index (χ0v) is 27.6. The number of pyridine rings is 1. The standard InChI is InChI=1S/C37H46N2O5S/c1-26(2)33-13-7-27(3)22-35(33)43-36(40)39-20-17-37(18-21-39)16-15-31-23-30(12-14-34(31)44-37)29-10-8-28(9-11-29)24-45(41,42)25-32-6-4-5-19-38-32/h4-6,8-12,14,19,23,26-27,33,35H,7,13,15-18,20-22,24-25H2,1-3H3/t27-,33?,35-/m0/s1. The smallest absolute Gasteiger partial charge is 0.410 e. The van der Waals surface area contributed by atoms with Crippen LogP contribution in [0.1, 0.15) is 76.1 Å². The van der Waals surface area contributed by atoms with Crippen molar-refractivity contribution in [3.05, 3.63) is 83.7 Å². The van der Waals surface area contributed by atoms with Crippen molar-refractivity contribution in [2.24, 2.45) is 17.8 Å². The summed E-state index contributed by atoms with van der Waals surface area (Å²) in [6, 6.07) is 19.4. The average molecular weight is 631 g/mol. The number of ether oxygens (including phenoxy) is 2. The van der Waals surface area contributed by atoms with E-state index in [2.05, 4.69) is 44.0 Å². The normalized spacial score (nSPS) is 22.9. The van der Waals surface area contributed by atoms with Crippen molar-refractivity contribution in [1.29, 1.82) is 0 Å². The van der Waals surface area contributed by atoms with Crippen LogP contribution in [-0.2, 0) is 32.5 Å². The Morgan fingerprint density at radius 1 is 1.00 bits per heavy atom. The van der Waals surface area contributed by atoms with Crippen molar-refractivity contribution in [3.8, 4) is 16.9 Å². The van der Waals surface area contributed by atoms with E-state index in [0.29, 0.717) is 36.5 Å². The highest BCUT2D eigenvalue weighted by atomic mass is 32.2. The Hall–Kier alpha value is -3.39. The molecule has 2 fully saturated rings. The van der Waals surface area contributed by atoms with E-state index in [9.17, 15) is 13.2 Å². The number of carbonyl (C=O) groups is 1. The molecule has 2 aliphatic heterocycles. The van der Waals surface area contributed by atoms with Crippen LogP contribution in [0.25, 0.3) is 11.1 Å². The van der Waals surface area contributed by atoms with Crippen LogP contribution < -0.4 is 4.74 Å². The number of sulfone groups is 1. The number of nitrogens with zero attached hydrogens (tertiary/aromatic N) is 2. The van der Waals surface area contributed by atoms with Crippen LogP contribution in [-0.4, -0.2) is 49.2 Å². The second-order valence-corrected chi connectivity index (χ2v) is 16.0. The van der Waals surface area contributed by atoms with Gasteiger partial charge in [-0.05, 0) is 90.0 Å². The van der Waals surface area contributed by atoms with E-state index in [0.717, 1.165) is 61.0 Å². The zero-order valence-electron chi connectivity index (χ0n) is 26.8. The molecule has 45 heavy (non-hydrogen) atoms. The minimum Gasteiger partial charge on any atom is -0.487 e. The molecule has 240 valence electrons. The van der Waals surface area contributed by atoms with Gasteiger partial charge in [-0.1, -0.05) is 63.6 Å². The van der Waals surface area contributed by atoms with E-state index in [4.69, 9.17) is 9.47 Å². The molecule has 2 aromatic carbocycles. The van der Waals surface area contributed by atoms with Crippen molar-refractivity contribution in [2.45, 2.75) is 88.9 Å². The van der Waals surface area contributed by atoms with Gasteiger partial charge in [0.15, 0.2) is 9.84 Å². The summed E-state index contributed by atoms with van der Waals surface area (Å²) in [4.78, 5) is 19.2. The van der Waals surface area contributed by atoms with Crippen molar-refractivity contribution >= 4 is 15.9 Å². The lowest BCUT2D eigenvalue weighted by Crippen LogP contribution is -2.52. The molecule has 1 saturated heterocycles. The molecule has 1 unspecified atom stereocenters. The van der Waals surface area contributed by atoms with Crippen LogP contribution in [0.5, 0.6) is 5.75 Å². The molecule has 0 radical (unpaired) electrons. The van der Waals surface area contributed by atoms with Gasteiger partial charge in [-0.2, -0.15) is 0 Å². The summed E-state index contributed by atoms with van der Waals surface area (Å²) >= 11 is 0. The lowest BCUT2D eigenvalue weighted by atomic mass is 9.75. The molecule has 3 aromatic rings. The van der Waals surface area contributed by atoms with Gasteiger partial charge in [0.05, 0.1) is 17.2 Å². The Morgan fingerprint density at radius 3 is 2.47 bits per heavy atom. The Labute approximate surface area is 268 Å². The van der Waals surface area contributed by atoms with Gasteiger partial charge in [-0.3, -0.25) is 4.98 Å². The van der Waals surface area contributed by atoms with Gasteiger partial charge in [0.2, 0.25) is 0 Å². The fraction of sp³-hybridized carbons (Fsp3) is 0.514. The summed E-state index contributed by atoms with van der Waals surface area (Å²) in [5, 5.41) is 0. The fourth-order valence-corrected chi connectivity index (χ4v) is 8.83. The Kier molecular flexibility index (Phi) is 9.23. The zero-order chi connectivity index (χ0) is 31.6. The predicted molar refractivity (Wildman–Crippen MR) is 177 cm³/mol. The lowest BCUT2D eigenvalue weighted by Gasteiger charge is -2.45. The maximum atomic E-state index is 13.2. The molecule has 1 amide bonds. The van der Waals surface area contributed by atoms with E-state index >= 15 is 0 Å². The molecular weight excluding hydrogens is 584 g/mol. The number of hydrogen-bond donors (Lipinski definition) is 0. The number of fused-ring (bicyclic) bond motifs is 1. The van der Waals surface area contributed by atoms with Crippen LogP contribution in [0.2, 0.25) is 0 Å². The Morgan fingerprint density at radius 2 is 1.76 bits per heavy atom. The van der Waals surface area contributed by atoms with E-state index in [1.807, 2.05) is 29.2 Å². The number of aromatic nitrogens is 1. The first-order chi connectivity index (χ1) is 21.6. The summed E-state index contributed by atoms with van der Waals surface area (Å²) < 4.78 is 38.2. The number of piperidine rings is 1. The number of carbonyl (C=O) groups excluding carboxylic acids is 1. The minimum atomic E-state index is -3.32. The molecule has 1 saturated carbocycles. The SMILES string of the molecule is CC(C)C1CC[C@H](C)C[C@@H]1OC(=O)N1CCC2(CCc3cc(-c4ccc(CS(=O)(=O)Cc5ccccn5)cc4)ccc3O2)CC1. The average Bonchev–Trinajstić information content (AvgIpc) is 3.01.